The van der Waals surface area contributed by atoms with E-state index in [0.29, 0.717) is 11.7 Å². The van der Waals surface area contributed by atoms with Crippen molar-refractivity contribution in [1.29, 1.82) is 0 Å². The Labute approximate surface area is 175 Å². The fourth-order valence-electron chi connectivity index (χ4n) is 3.09. The lowest BCUT2D eigenvalue weighted by molar-refractivity contribution is -0.136. The molecular formula is C24H38N2O3. The van der Waals surface area contributed by atoms with E-state index in [2.05, 4.69) is 35.3 Å². The Morgan fingerprint density at radius 1 is 0.966 bits per heavy atom. The molecule has 2 aromatic rings. The number of benzene rings is 1. The molecule has 0 aliphatic rings. The number of carboxylic acid groups (broad SMARTS) is 1. The summed E-state index contributed by atoms with van der Waals surface area (Å²) in [7, 11) is 0. The van der Waals surface area contributed by atoms with E-state index in [9.17, 15) is 4.79 Å². The summed E-state index contributed by atoms with van der Waals surface area (Å²) in [6.07, 6.45) is 15.2. The maximum absolute atomic E-state index is 9.37. The molecule has 0 saturated carbocycles. The van der Waals surface area contributed by atoms with Crippen LogP contribution >= 0.6 is 0 Å². The van der Waals surface area contributed by atoms with Gasteiger partial charge in [-0.1, -0.05) is 88.9 Å². The van der Waals surface area contributed by atoms with Gasteiger partial charge in [-0.05, 0) is 37.5 Å². The first-order valence-corrected chi connectivity index (χ1v) is 11.2. The molecule has 0 spiro atoms. The van der Waals surface area contributed by atoms with Gasteiger partial charge < -0.3 is 9.63 Å². The molecule has 29 heavy (non-hydrogen) atoms. The van der Waals surface area contributed by atoms with Crippen LogP contribution in [0.25, 0.3) is 11.5 Å². The minimum atomic E-state index is -0.745. The number of carboxylic acids is 1. The van der Waals surface area contributed by atoms with Crippen LogP contribution in [0.2, 0.25) is 0 Å². The maximum Gasteiger partial charge on any atom is 0.303 e. The zero-order chi connectivity index (χ0) is 21.3. The van der Waals surface area contributed by atoms with E-state index in [4.69, 9.17) is 9.63 Å². The lowest BCUT2D eigenvalue weighted by Crippen LogP contribution is -1.88. The van der Waals surface area contributed by atoms with E-state index in [1.54, 1.807) is 6.92 Å². The molecule has 0 saturated heterocycles. The largest absolute Gasteiger partial charge is 0.481 e. The molecule has 0 atom stereocenters. The lowest BCUT2D eigenvalue weighted by Gasteiger charge is -2.04. The molecule has 0 amide bonds. The van der Waals surface area contributed by atoms with Gasteiger partial charge in [-0.25, -0.2) is 0 Å². The summed E-state index contributed by atoms with van der Waals surface area (Å²) >= 11 is 0. The highest BCUT2D eigenvalue weighted by molar-refractivity contribution is 5.66. The molecule has 5 nitrogen and oxygen atoms in total. The molecular weight excluding hydrogens is 364 g/mol. The second-order valence-electron chi connectivity index (χ2n) is 7.53. The van der Waals surface area contributed by atoms with Crippen molar-refractivity contribution in [3.8, 4) is 11.5 Å². The highest BCUT2D eigenvalue weighted by Crippen LogP contribution is 2.20. The highest BCUT2D eigenvalue weighted by Gasteiger charge is 2.06. The number of aryl methyl sites for hydroxylation is 2. The molecule has 2 rings (SSSR count). The van der Waals surface area contributed by atoms with Crippen LogP contribution in [-0.2, 0) is 11.2 Å². The molecule has 1 aromatic carbocycles. The number of aliphatic carboxylic acids is 1. The third-order valence-corrected chi connectivity index (χ3v) is 4.82. The van der Waals surface area contributed by atoms with E-state index in [1.165, 1.54) is 69.8 Å². The zero-order valence-electron chi connectivity index (χ0n) is 18.5. The van der Waals surface area contributed by atoms with Crippen molar-refractivity contribution in [3.05, 3.63) is 35.7 Å². The molecule has 0 aliphatic heterocycles. The normalized spacial score (nSPS) is 10.4. The van der Waals surface area contributed by atoms with Crippen molar-refractivity contribution in [2.45, 2.75) is 97.8 Å². The van der Waals surface area contributed by atoms with Crippen molar-refractivity contribution in [3.63, 3.8) is 0 Å². The Morgan fingerprint density at radius 3 is 2.07 bits per heavy atom. The summed E-state index contributed by atoms with van der Waals surface area (Å²) in [5.41, 5.74) is 2.39. The number of hydrogen-bond donors (Lipinski definition) is 1. The predicted molar refractivity (Wildman–Crippen MR) is 118 cm³/mol. The Morgan fingerprint density at radius 2 is 1.55 bits per heavy atom. The Balaban J connectivity index is 0.000000749. The second-order valence-corrected chi connectivity index (χ2v) is 7.53. The molecule has 0 bridgehead atoms. The van der Waals surface area contributed by atoms with Gasteiger partial charge in [0.25, 0.3) is 5.89 Å². The van der Waals surface area contributed by atoms with Crippen molar-refractivity contribution in [1.82, 2.24) is 10.1 Å². The van der Waals surface area contributed by atoms with E-state index in [1.807, 2.05) is 13.0 Å². The van der Waals surface area contributed by atoms with Crippen LogP contribution in [0.4, 0.5) is 0 Å². The van der Waals surface area contributed by atoms with Gasteiger partial charge in [-0.2, -0.15) is 4.98 Å². The van der Waals surface area contributed by atoms with E-state index in [0.717, 1.165) is 12.0 Å². The van der Waals surface area contributed by atoms with Crippen LogP contribution in [0, 0.1) is 6.92 Å². The van der Waals surface area contributed by atoms with Crippen LogP contribution in [-0.4, -0.2) is 21.2 Å². The third-order valence-electron chi connectivity index (χ3n) is 4.82. The molecule has 0 fully saturated rings. The highest BCUT2D eigenvalue weighted by atomic mass is 16.5. The molecule has 0 radical (unpaired) electrons. The van der Waals surface area contributed by atoms with Crippen LogP contribution in [0.1, 0.15) is 95.9 Å². The molecule has 1 N–H and O–H groups in total. The molecule has 0 unspecified atom stereocenters. The van der Waals surface area contributed by atoms with Crippen molar-refractivity contribution in [2.24, 2.45) is 0 Å². The second kappa shape index (κ2) is 15.7. The number of rotatable bonds is 13. The van der Waals surface area contributed by atoms with Crippen molar-refractivity contribution < 1.29 is 14.4 Å². The first kappa shape index (κ1) is 24.9. The van der Waals surface area contributed by atoms with Crippen LogP contribution < -0.4 is 0 Å². The van der Waals surface area contributed by atoms with Gasteiger partial charge in [0.2, 0.25) is 0 Å². The molecule has 1 aromatic heterocycles. The van der Waals surface area contributed by atoms with Gasteiger partial charge in [0.05, 0.1) is 0 Å². The first-order valence-electron chi connectivity index (χ1n) is 11.2. The maximum atomic E-state index is 9.37. The van der Waals surface area contributed by atoms with Crippen LogP contribution in [0.15, 0.2) is 28.8 Å². The van der Waals surface area contributed by atoms with Crippen LogP contribution in [0.3, 0.4) is 0 Å². The number of nitrogens with zero attached hydrogens (tertiary/aromatic N) is 2. The average Bonchev–Trinajstić information content (AvgIpc) is 3.16. The van der Waals surface area contributed by atoms with Gasteiger partial charge in [-0.15, -0.1) is 0 Å². The quantitative estimate of drug-likeness (QED) is 0.365. The minimum absolute atomic E-state index is 0.222. The van der Waals surface area contributed by atoms with E-state index in [-0.39, 0.29) is 6.42 Å². The number of hydrogen-bond acceptors (Lipinski definition) is 4. The van der Waals surface area contributed by atoms with Gasteiger partial charge in [0, 0.05) is 12.0 Å². The first-order chi connectivity index (χ1) is 14.1. The summed E-state index contributed by atoms with van der Waals surface area (Å²) in [6.45, 7) is 5.72. The average molecular weight is 403 g/mol. The standard InChI is InChI=1S/C21H32N2O.C3H6O2/c1-3-4-5-6-7-8-9-10-11-12-14-19-15-13-16-20(17-19)21-22-18(2)23-24-21;1-2-3(4)5/h13,15-17H,3-12,14H2,1-2H3;2H2,1H3,(H,4,5). The zero-order valence-corrected chi connectivity index (χ0v) is 18.5. The third kappa shape index (κ3) is 12.1. The topological polar surface area (TPSA) is 76.2 Å². The summed E-state index contributed by atoms with van der Waals surface area (Å²) in [4.78, 5) is 13.7. The lowest BCUT2D eigenvalue weighted by atomic mass is 10.0. The number of unbranched alkanes of at least 4 members (excludes halogenated alkanes) is 9. The van der Waals surface area contributed by atoms with Gasteiger partial charge >= 0.3 is 5.97 Å². The molecule has 0 aliphatic carbocycles. The summed E-state index contributed by atoms with van der Waals surface area (Å²) in [5.74, 6) is 0.563. The Hall–Kier alpha value is -2.17. The van der Waals surface area contributed by atoms with Gasteiger partial charge in [-0.3, -0.25) is 4.79 Å². The monoisotopic (exact) mass is 402 g/mol. The fraction of sp³-hybridized carbons (Fsp3) is 0.625. The van der Waals surface area contributed by atoms with E-state index < -0.39 is 5.97 Å². The van der Waals surface area contributed by atoms with Gasteiger partial charge in [0.15, 0.2) is 5.82 Å². The molecule has 1 heterocycles. The minimum Gasteiger partial charge on any atom is -0.481 e. The van der Waals surface area contributed by atoms with Crippen LogP contribution in [0.5, 0.6) is 0 Å². The molecule has 162 valence electrons. The summed E-state index contributed by atoms with van der Waals surface area (Å²) < 4.78 is 5.25. The van der Waals surface area contributed by atoms with Crippen molar-refractivity contribution >= 4 is 5.97 Å². The van der Waals surface area contributed by atoms with E-state index >= 15 is 0 Å². The Bertz CT molecular complexity index is 682. The fourth-order valence-corrected chi connectivity index (χ4v) is 3.09. The summed E-state index contributed by atoms with van der Waals surface area (Å²) in [5, 5.41) is 11.6. The smallest absolute Gasteiger partial charge is 0.303 e. The predicted octanol–water partition coefficient (Wildman–Crippen LogP) is 6.99. The Kier molecular flexibility index (Phi) is 13.5. The number of aromatic nitrogens is 2. The summed E-state index contributed by atoms with van der Waals surface area (Å²) in [6, 6.07) is 8.50. The molecule has 5 heteroatoms. The number of carbonyl (C=O) groups is 1. The SMILES string of the molecule is CCC(=O)O.CCCCCCCCCCCCc1cccc(-c2nc(C)no2)c1. The van der Waals surface area contributed by atoms with Crippen molar-refractivity contribution in [2.75, 3.05) is 0 Å². The van der Waals surface area contributed by atoms with Gasteiger partial charge in [0.1, 0.15) is 0 Å².